The SMILES string of the molecule is CCc1nnc(NC(=O)COc2ccc(Cl)cc2Cl)s1. The van der Waals surface area contributed by atoms with Crippen molar-refractivity contribution in [3.8, 4) is 5.75 Å². The lowest BCUT2D eigenvalue weighted by Gasteiger charge is -2.07. The normalized spacial score (nSPS) is 10.3. The van der Waals surface area contributed by atoms with Crippen LogP contribution < -0.4 is 10.1 Å². The number of aryl methyl sites for hydroxylation is 1. The smallest absolute Gasteiger partial charge is 0.264 e. The van der Waals surface area contributed by atoms with E-state index in [9.17, 15) is 4.79 Å². The van der Waals surface area contributed by atoms with Gasteiger partial charge in [0, 0.05) is 5.02 Å². The predicted octanol–water partition coefficient (Wildman–Crippen LogP) is 3.42. The molecule has 0 saturated heterocycles. The first-order valence-corrected chi connectivity index (χ1v) is 7.36. The van der Waals surface area contributed by atoms with E-state index in [2.05, 4.69) is 15.5 Å². The first-order valence-electron chi connectivity index (χ1n) is 5.78. The second kappa shape index (κ2) is 6.88. The van der Waals surface area contributed by atoms with E-state index in [0.717, 1.165) is 11.4 Å². The molecule has 1 N–H and O–H groups in total. The molecule has 0 spiro atoms. The molecule has 1 aromatic carbocycles. The molecule has 106 valence electrons. The van der Waals surface area contributed by atoms with E-state index in [4.69, 9.17) is 27.9 Å². The van der Waals surface area contributed by atoms with Crippen LogP contribution in [0.2, 0.25) is 10.0 Å². The first-order chi connectivity index (χ1) is 9.58. The van der Waals surface area contributed by atoms with Gasteiger partial charge in [-0.15, -0.1) is 10.2 Å². The summed E-state index contributed by atoms with van der Waals surface area (Å²) in [5, 5.41) is 12.5. The Labute approximate surface area is 129 Å². The van der Waals surface area contributed by atoms with Gasteiger partial charge in [0.05, 0.1) is 5.02 Å². The van der Waals surface area contributed by atoms with Crippen molar-refractivity contribution in [2.45, 2.75) is 13.3 Å². The zero-order valence-electron chi connectivity index (χ0n) is 10.5. The van der Waals surface area contributed by atoms with Crippen molar-refractivity contribution < 1.29 is 9.53 Å². The van der Waals surface area contributed by atoms with Gasteiger partial charge < -0.3 is 4.74 Å². The summed E-state index contributed by atoms with van der Waals surface area (Å²) in [6.07, 6.45) is 0.782. The van der Waals surface area contributed by atoms with E-state index >= 15 is 0 Å². The van der Waals surface area contributed by atoms with Crippen molar-refractivity contribution in [2.75, 3.05) is 11.9 Å². The average Bonchev–Trinajstić information content (AvgIpc) is 2.85. The fraction of sp³-hybridized carbons (Fsp3) is 0.250. The van der Waals surface area contributed by atoms with Crippen LogP contribution >= 0.6 is 34.5 Å². The van der Waals surface area contributed by atoms with Crippen molar-refractivity contribution in [1.82, 2.24) is 10.2 Å². The number of nitrogens with zero attached hydrogens (tertiary/aromatic N) is 2. The van der Waals surface area contributed by atoms with Crippen molar-refractivity contribution in [2.24, 2.45) is 0 Å². The lowest BCUT2D eigenvalue weighted by molar-refractivity contribution is -0.118. The second-order valence-corrected chi connectivity index (χ2v) is 5.67. The maximum Gasteiger partial charge on any atom is 0.264 e. The molecule has 0 aliphatic heterocycles. The van der Waals surface area contributed by atoms with Crippen LogP contribution in [0.4, 0.5) is 5.13 Å². The third-order valence-electron chi connectivity index (χ3n) is 2.27. The molecule has 20 heavy (non-hydrogen) atoms. The minimum atomic E-state index is -0.324. The van der Waals surface area contributed by atoms with Crippen molar-refractivity contribution in [1.29, 1.82) is 0 Å². The van der Waals surface area contributed by atoms with Crippen LogP contribution in [-0.2, 0) is 11.2 Å². The minimum Gasteiger partial charge on any atom is -0.482 e. The van der Waals surface area contributed by atoms with Crippen molar-refractivity contribution >= 4 is 45.6 Å². The van der Waals surface area contributed by atoms with Gasteiger partial charge >= 0.3 is 0 Å². The Kier molecular flexibility index (Phi) is 5.17. The van der Waals surface area contributed by atoms with Gasteiger partial charge in [0.1, 0.15) is 10.8 Å². The first kappa shape index (κ1) is 15.0. The lowest BCUT2D eigenvalue weighted by atomic mass is 10.3. The summed E-state index contributed by atoms with van der Waals surface area (Å²) < 4.78 is 5.31. The maximum atomic E-state index is 11.7. The fourth-order valence-corrected chi connectivity index (χ4v) is 2.50. The topological polar surface area (TPSA) is 64.1 Å². The van der Waals surface area contributed by atoms with Crippen molar-refractivity contribution in [3.63, 3.8) is 0 Å². The number of hydrogen-bond acceptors (Lipinski definition) is 5. The van der Waals surface area contributed by atoms with E-state index in [1.807, 2.05) is 6.92 Å². The van der Waals surface area contributed by atoms with Gasteiger partial charge in [-0.05, 0) is 24.6 Å². The van der Waals surface area contributed by atoms with E-state index < -0.39 is 0 Å². The number of halogens is 2. The third kappa shape index (κ3) is 4.06. The molecule has 0 radical (unpaired) electrons. The van der Waals surface area contributed by atoms with Crippen LogP contribution in [0.15, 0.2) is 18.2 Å². The number of amides is 1. The number of nitrogens with one attached hydrogen (secondary N) is 1. The lowest BCUT2D eigenvalue weighted by Crippen LogP contribution is -2.20. The quantitative estimate of drug-likeness (QED) is 0.911. The largest absolute Gasteiger partial charge is 0.482 e. The Bertz CT molecular complexity index is 618. The molecular weight excluding hydrogens is 321 g/mol. The number of carbonyl (C=O) groups is 1. The molecule has 2 rings (SSSR count). The molecule has 1 heterocycles. The summed E-state index contributed by atoms with van der Waals surface area (Å²) in [4.78, 5) is 11.7. The molecule has 1 amide bonds. The molecular formula is C12H11Cl2N3O2S. The van der Waals surface area contributed by atoms with Gasteiger partial charge in [-0.25, -0.2) is 0 Å². The minimum absolute atomic E-state index is 0.164. The Balaban J connectivity index is 1.88. The van der Waals surface area contributed by atoms with Crippen LogP contribution in [0.5, 0.6) is 5.75 Å². The Morgan fingerprint density at radius 2 is 2.20 bits per heavy atom. The highest BCUT2D eigenvalue weighted by Gasteiger charge is 2.09. The van der Waals surface area contributed by atoms with Crippen LogP contribution in [0.1, 0.15) is 11.9 Å². The zero-order chi connectivity index (χ0) is 14.5. The maximum absolute atomic E-state index is 11.7. The third-order valence-corrected chi connectivity index (χ3v) is 3.78. The molecule has 8 heteroatoms. The van der Waals surface area contributed by atoms with Gasteiger partial charge in [-0.1, -0.05) is 41.5 Å². The molecule has 0 aliphatic rings. The monoisotopic (exact) mass is 331 g/mol. The molecule has 0 aliphatic carbocycles. The molecule has 5 nitrogen and oxygen atoms in total. The summed E-state index contributed by atoms with van der Waals surface area (Å²) >= 11 is 13.0. The average molecular weight is 332 g/mol. The van der Waals surface area contributed by atoms with Gasteiger partial charge in [0.2, 0.25) is 5.13 Å². The summed E-state index contributed by atoms with van der Waals surface area (Å²) in [5.41, 5.74) is 0. The predicted molar refractivity (Wildman–Crippen MR) is 79.9 cm³/mol. The van der Waals surface area contributed by atoms with E-state index in [-0.39, 0.29) is 12.5 Å². The van der Waals surface area contributed by atoms with Crippen LogP contribution in [0.3, 0.4) is 0 Å². The number of carbonyl (C=O) groups excluding carboxylic acids is 1. The number of rotatable bonds is 5. The molecule has 0 fully saturated rings. The Morgan fingerprint density at radius 1 is 1.40 bits per heavy atom. The highest BCUT2D eigenvalue weighted by molar-refractivity contribution is 7.15. The summed E-state index contributed by atoms with van der Waals surface area (Å²) in [7, 11) is 0. The van der Waals surface area contributed by atoms with Gasteiger partial charge in [0.15, 0.2) is 6.61 Å². The Morgan fingerprint density at radius 3 is 2.85 bits per heavy atom. The van der Waals surface area contributed by atoms with Gasteiger partial charge in [-0.3, -0.25) is 10.1 Å². The number of hydrogen-bond donors (Lipinski definition) is 1. The molecule has 0 saturated carbocycles. The van der Waals surface area contributed by atoms with Crippen LogP contribution in [0.25, 0.3) is 0 Å². The van der Waals surface area contributed by atoms with Crippen LogP contribution in [-0.4, -0.2) is 22.7 Å². The summed E-state index contributed by atoms with van der Waals surface area (Å²) in [6, 6.07) is 4.80. The highest BCUT2D eigenvalue weighted by Crippen LogP contribution is 2.27. The molecule has 0 bridgehead atoms. The number of benzene rings is 1. The molecule has 2 aromatic rings. The Hall–Kier alpha value is -1.37. The number of aromatic nitrogens is 2. The van der Waals surface area contributed by atoms with E-state index in [0.29, 0.717) is 20.9 Å². The number of anilines is 1. The van der Waals surface area contributed by atoms with Gasteiger partial charge in [-0.2, -0.15) is 0 Å². The molecule has 0 unspecified atom stereocenters. The summed E-state index contributed by atoms with van der Waals surface area (Å²) in [6.45, 7) is 1.81. The van der Waals surface area contributed by atoms with E-state index in [1.165, 1.54) is 11.3 Å². The standard InChI is InChI=1S/C12H11Cl2N3O2S/c1-2-11-16-17-12(20-11)15-10(18)6-19-9-4-3-7(13)5-8(9)14/h3-5H,2,6H2,1H3,(H,15,17,18). The zero-order valence-corrected chi connectivity index (χ0v) is 12.8. The van der Waals surface area contributed by atoms with Crippen LogP contribution in [0, 0.1) is 0 Å². The van der Waals surface area contributed by atoms with E-state index in [1.54, 1.807) is 18.2 Å². The van der Waals surface area contributed by atoms with Crippen molar-refractivity contribution in [3.05, 3.63) is 33.3 Å². The molecule has 0 atom stereocenters. The fourth-order valence-electron chi connectivity index (χ4n) is 1.34. The summed E-state index contributed by atoms with van der Waals surface area (Å²) in [5.74, 6) is 0.0764. The number of ether oxygens (including phenoxy) is 1. The second-order valence-electron chi connectivity index (χ2n) is 3.77. The van der Waals surface area contributed by atoms with Gasteiger partial charge in [0.25, 0.3) is 5.91 Å². The molecule has 1 aromatic heterocycles. The highest BCUT2D eigenvalue weighted by atomic mass is 35.5.